The van der Waals surface area contributed by atoms with Crippen LogP contribution in [0.2, 0.25) is 0 Å². The van der Waals surface area contributed by atoms with Crippen molar-refractivity contribution >= 4 is 28.0 Å². The van der Waals surface area contributed by atoms with Gasteiger partial charge in [0, 0.05) is 6.54 Å². The number of hydrogen-bond donors (Lipinski definition) is 2. The second-order valence-electron chi connectivity index (χ2n) is 4.71. The molecule has 2 aliphatic heterocycles. The monoisotopic (exact) mass is 305 g/mol. The zero-order chi connectivity index (χ0) is 14.9. The molecular formula is C10H15N3O6S. The van der Waals surface area contributed by atoms with Crippen LogP contribution >= 0.6 is 0 Å². The van der Waals surface area contributed by atoms with Crippen LogP contribution in [0.25, 0.3) is 0 Å². The molecule has 2 fully saturated rings. The number of carboxylic acids is 1. The lowest BCUT2D eigenvalue weighted by molar-refractivity contribution is -0.142. The van der Waals surface area contributed by atoms with Crippen LogP contribution < -0.4 is 5.32 Å². The SMILES string of the molecule is O=C1CN(S(=O)(=O)N2CCCCC2C(=O)O)CC(=O)N1. The molecule has 2 saturated heterocycles. The van der Waals surface area contributed by atoms with Gasteiger partial charge in [-0.25, -0.2) is 0 Å². The van der Waals surface area contributed by atoms with Crippen LogP contribution in [-0.4, -0.2) is 65.6 Å². The normalized spacial score (nSPS) is 26.3. The summed E-state index contributed by atoms with van der Waals surface area (Å²) in [7, 11) is -4.14. The third kappa shape index (κ3) is 2.81. The van der Waals surface area contributed by atoms with Crippen molar-refractivity contribution in [1.82, 2.24) is 13.9 Å². The van der Waals surface area contributed by atoms with Gasteiger partial charge in [0.15, 0.2) is 0 Å². The summed E-state index contributed by atoms with van der Waals surface area (Å²) in [6, 6.07) is -1.14. The van der Waals surface area contributed by atoms with Gasteiger partial charge in [0.2, 0.25) is 11.8 Å². The van der Waals surface area contributed by atoms with E-state index in [9.17, 15) is 22.8 Å². The Morgan fingerprint density at radius 1 is 1.20 bits per heavy atom. The number of nitrogens with one attached hydrogen (secondary N) is 1. The molecule has 0 aromatic rings. The number of aliphatic carboxylic acids is 1. The van der Waals surface area contributed by atoms with Crippen molar-refractivity contribution in [2.75, 3.05) is 19.6 Å². The van der Waals surface area contributed by atoms with Crippen LogP contribution in [0.15, 0.2) is 0 Å². The number of piperazine rings is 1. The van der Waals surface area contributed by atoms with Gasteiger partial charge in [-0.05, 0) is 19.3 Å². The van der Waals surface area contributed by atoms with E-state index in [0.29, 0.717) is 12.8 Å². The maximum absolute atomic E-state index is 12.4. The zero-order valence-electron chi connectivity index (χ0n) is 10.6. The lowest BCUT2D eigenvalue weighted by atomic mass is 10.1. The first-order valence-corrected chi connectivity index (χ1v) is 7.54. The molecule has 0 bridgehead atoms. The summed E-state index contributed by atoms with van der Waals surface area (Å²) < 4.78 is 26.4. The first kappa shape index (κ1) is 14.9. The fourth-order valence-electron chi connectivity index (χ4n) is 2.35. The summed E-state index contributed by atoms with van der Waals surface area (Å²) in [5.41, 5.74) is 0. The molecule has 1 unspecified atom stereocenters. The van der Waals surface area contributed by atoms with Crippen molar-refractivity contribution in [1.29, 1.82) is 0 Å². The van der Waals surface area contributed by atoms with Crippen LogP contribution in [0.5, 0.6) is 0 Å². The van der Waals surface area contributed by atoms with Gasteiger partial charge in [0.25, 0.3) is 10.2 Å². The van der Waals surface area contributed by atoms with Crippen molar-refractivity contribution in [2.45, 2.75) is 25.3 Å². The Labute approximate surface area is 115 Å². The molecule has 0 spiro atoms. The van der Waals surface area contributed by atoms with Gasteiger partial charge < -0.3 is 5.11 Å². The van der Waals surface area contributed by atoms with Gasteiger partial charge in [-0.3, -0.25) is 19.7 Å². The highest BCUT2D eigenvalue weighted by molar-refractivity contribution is 7.86. The molecule has 2 amide bonds. The van der Waals surface area contributed by atoms with Crippen molar-refractivity contribution in [3.05, 3.63) is 0 Å². The van der Waals surface area contributed by atoms with E-state index in [-0.39, 0.29) is 13.0 Å². The molecular weight excluding hydrogens is 290 g/mol. The fourth-order valence-corrected chi connectivity index (χ4v) is 4.08. The largest absolute Gasteiger partial charge is 0.480 e. The molecule has 0 aromatic heterocycles. The minimum Gasteiger partial charge on any atom is -0.480 e. The number of amides is 2. The van der Waals surface area contributed by atoms with Crippen molar-refractivity contribution in [2.24, 2.45) is 0 Å². The molecule has 112 valence electrons. The summed E-state index contributed by atoms with van der Waals surface area (Å²) in [6.45, 7) is -0.876. The summed E-state index contributed by atoms with van der Waals surface area (Å²) >= 11 is 0. The smallest absolute Gasteiger partial charge is 0.322 e. The average molecular weight is 305 g/mol. The van der Waals surface area contributed by atoms with Gasteiger partial charge in [-0.1, -0.05) is 0 Å². The number of nitrogens with zero attached hydrogens (tertiary/aromatic N) is 2. The predicted octanol–water partition coefficient (Wildman–Crippen LogP) is -1.87. The van der Waals surface area contributed by atoms with E-state index in [0.717, 1.165) is 8.61 Å². The van der Waals surface area contributed by atoms with Crippen LogP contribution in [0.4, 0.5) is 0 Å². The second-order valence-corrected chi connectivity index (χ2v) is 6.59. The van der Waals surface area contributed by atoms with Crippen molar-refractivity contribution < 1.29 is 27.9 Å². The minimum atomic E-state index is -4.14. The molecule has 2 N–H and O–H groups in total. The van der Waals surface area contributed by atoms with E-state index in [1.807, 2.05) is 5.32 Å². The first-order chi connectivity index (χ1) is 9.32. The molecule has 9 nitrogen and oxygen atoms in total. The van der Waals surface area contributed by atoms with Crippen LogP contribution in [0.3, 0.4) is 0 Å². The van der Waals surface area contributed by atoms with E-state index in [2.05, 4.69) is 0 Å². The Hall–Kier alpha value is -1.52. The van der Waals surface area contributed by atoms with Gasteiger partial charge in [-0.2, -0.15) is 17.0 Å². The molecule has 0 saturated carbocycles. The fraction of sp³-hybridized carbons (Fsp3) is 0.700. The van der Waals surface area contributed by atoms with Crippen molar-refractivity contribution in [3.63, 3.8) is 0 Å². The highest BCUT2D eigenvalue weighted by Crippen LogP contribution is 2.23. The van der Waals surface area contributed by atoms with Gasteiger partial charge in [0.05, 0.1) is 13.1 Å². The Kier molecular flexibility index (Phi) is 4.06. The quantitative estimate of drug-likeness (QED) is 0.589. The van der Waals surface area contributed by atoms with Crippen LogP contribution in [-0.2, 0) is 24.6 Å². The molecule has 2 aliphatic rings. The number of rotatable bonds is 3. The summed E-state index contributed by atoms with van der Waals surface area (Å²) in [5, 5.41) is 11.1. The highest BCUT2D eigenvalue weighted by atomic mass is 32.2. The Bertz CT molecular complexity index is 529. The molecule has 2 heterocycles. The number of imide groups is 1. The second kappa shape index (κ2) is 5.46. The number of carbonyl (C=O) groups excluding carboxylic acids is 2. The van der Waals surface area contributed by atoms with E-state index in [4.69, 9.17) is 5.11 Å². The average Bonchev–Trinajstić information content (AvgIpc) is 2.37. The molecule has 0 aliphatic carbocycles. The first-order valence-electron chi connectivity index (χ1n) is 6.15. The number of hydrogen-bond acceptors (Lipinski definition) is 5. The predicted molar refractivity (Wildman–Crippen MR) is 65.6 cm³/mol. The maximum atomic E-state index is 12.4. The number of carboxylic acid groups (broad SMARTS) is 1. The Morgan fingerprint density at radius 2 is 1.80 bits per heavy atom. The van der Waals surface area contributed by atoms with Gasteiger partial charge >= 0.3 is 5.97 Å². The van der Waals surface area contributed by atoms with E-state index in [1.54, 1.807) is 0 Å². The van der Waals surface area contributed by atoms with Crippen LogP contribution in [0.1, 0.15) is 19.3 Å². The van der Waals surface area contributed by atoms with E-state index < -0.39 is 47.1 Å². The molecule has 10 heteroatoms. The summed E-state index contributed by atoms with van der Waals surface area (Å²) in [6.07, 6.45) is 1.40. The number of piperidine rings is 1. The van der Waals surface area contributed by atoms with E-state index in [1.165, 1.54) is 0 Å². The molecule has 0 aromatic carbocycles. The lowest BCUT2D eigenvalue weighted by Crippen LogP contribution is -2.59. The molecule has 0 radical (unpaired) electrons. The van der Waals surface area contributed by atoms with Gasteiger partial charge in [0.1, 0.15) is 6.04 Å². The minimum absolute atomic E-state index is 0.0750. The number of carbonyl (C=O) groups is 3. The third-order valence-electron chi connectivity index (χ3n) is 3.28. The topological polar surface area (TPSA) is 124 Å². The lowest BCUT2D eigenvalue weighted by Gasteiger charge is -2.36. The molecule has 20 heavy (non-hydrogen) atoms. The summed E-state index contributed by atoms with van der Waals surface area (Å²) in [5.74, 6) is -2.65. The molecule has 1 atom stereocenters. The Balaban J connectivity index is 2.26. The van der Waals surface area contributed by atoms with Gasteiger partial charge in [-0.15, -0.1) is 0 Å². The summed E-state index contributed by atoms with van der Waals surface area (Å²) in [4.78, 5) is 33.7. The van der Waals surface area contributed by atoms with Crippen LogP contribution in [0, 0.1) is 0 Å². The zero-order valence-corrected chi connectivity index (χ0v) is 11.4. The highest BCUT2D eigenvalue weighted by Gasteiger charge is 2.42. The molecule has 2 rings (SSSR count). The Morgan fingerprint density at radius 3 is 2.35 bits per heavy atom. The maximum Gasteiger partial charge on any atom is 0.322 e. The van der Waals surface area contributed by atoms with Crippen molar-refractivity contribution in [3.8, 4) is 0 Å². The van der Waals surface area contributed by atoms with E-state index >= 15 is 0 Å². The standard InChI is InChI=1S/C10H15N3O6S/c14-8-5-12(6-9(15)11-8)20(18,19)13-4-2-1-3-7(13)10(16)17/h7H,1-6H2,(H,16,17)(H,11,14,15). The third-order valence-corrected chi connectivity index (χ3v) is 5.22.